The summed E-state index contributed by atoms with van der Waals surface area (Å²) in [6, 6.07) is 1.86. The Morgan fingerprint density at radius 3 is 3.11 bits per heavy atom. The van der Waals surface area contributed by atoms with Crippen molar-refractivity contribution < 1.29 is 9.15 Å². The lowest BCUT2D eigenvalue weighted by molar-refractivity contribution is 0.199. The Bertz CT molecular complexity index is 498. The quantitative estimate of drug-likeness (QED) is 0.760. The summed E-state index contributed by atoms with van der Waals surface area (Å²) >= 11 is 7.62. The molecule has 0 saturated heterocycles. The maximum Gasteiger partial charge on any atom is 0.194 e. The molecule has 0 atom stereocenters. The van der Waals surface area contributed by atoms with E-state index in [0.29, 0.717) is 5.02 Å². The predicted molar refractivity (Wildman–Crippen MR) is 77.9 cm³/mol. The van der Waals surface area contributed by atoms with Crippen LogP contribution in [-0.2, 0) is 11.2 Å². The Morgan fingerprint density at radius 1 is 1.47 bits per heavy atom. The van der Waals surface area contributed by atoms with E-state index in [2.05, 4.69) is 10.3 Å². The maximum absolute atomic E-state index is 6.06. The summed E-state index contributed by atoms with van der Waals surface area (Å²) < 4.78 is 10.7. The van der Waals surface area contributed by atoms with Crippen LogP contribution in [0.15, 0.2) is 22.1 Å². The number of aryl methyl sites for hydroxylation is 1. The molecule has 0 spiro atoms. The highest BCUT2D eigenvalue weighted by atomic mass is 35.5. The molecule has 0 amide bonds. The van der Waals surface area contributed by atoms with Crippen molar-refractivity contribution >= 4 is 22.9 Å². The fourth-order valence-corrected chi connectivity index (χ4v) is 2.76. The smallest absolute Gasteiger partial charge is 0.194 e. The van der Waals surface area contributed by atoms with Gasteiger partial charge >= 0.3 is 0 Å². The molecule has 104 valence electrons. The number of nitrogens with one attached hydrogen (secondary N) is 1. The van der Waals surface area contributed by atoms with Crippen molar-refractivity contribution in [2.45, 2.75) is 12.8 Å². The highest BCUT2D eigenvalue weighted by Gasteiger charge is 2.10. The predicted octanol–water partition coefficient (Wildman–Crippen LogP) is 3.23. The second-order valence-electron chi connectivity index (χ2n) is 4.06. The first-order valence-electron chi connectivity index (χ1n) is 6.19. The largest absolute Gasteiger partial charge is 0.440 e. The van der Waals surface area contributed by atoms with Gasteiger partial charge in [-0.15, -0.1) is 11.3 Å². The normalized spacial score (nSPS) is 11.1. The van der Waals surface area contributed by atoms with Crippen LogP contribution in [0.5, 0.6) is 0 Å². The first-order valence-corrected chi connectivity index (χ1v) is 7.44. The van der Waals surface area contributed by atoms with Crippen molar-refractivity contribution in [2.24, 2.45) is 0 Å². The molecule has 4 nitrogen and oxygen atoms in total. The van der Waals surface area contributed by atoms with Gasteiger partial charge < -0.3 is 14.5 Å². The van der Waals surface area contributed by atoms with E-state index < -0.39 is 0 Å². The van der Waals surface area contributed by atoms with Gasteiger partial charge in [0.05, 0.1) is 22.7 Å². The van der Waals surface area contributed by atoms with Crippen LogP contribution in [0.1, 0.15) is 12.3 Å². The minimum atomic E-state index is 0.717. The zero-order chi connectivity index (χ0) is 13.5. The number of halogens is 1. The summed E-state index contributed by atoms with van der Waals surface area (Å²) in [5.74, 6) is 1.51. The summed E-state index contributed by atoms with van der Waals surface area (Å²) in [6.07, 6.45) is 3.55. The average molecular weight is 301 g/mol. The van der Waals surface area contributed by atoms with Gasteiger partial charge in [0.15, 0.2) is 11.7 Å². The third kappa shape index (κ3) is 4.31. The van der Waals surface area contributed by atoms with Crippen molar-refractivity contribution in [3.63, 3.8) is 0 Å². The summed E-state index contributed by atoms with van der Waals surface area (Å²) in [4.78, 5) is 5.22. The number of hydrogen-bond donors (Lipinski definition) is 1. The van der Waals surface area contributed by atoms with Crippen LogP contribution >= 0.6 is 22.9 Å². The molecular weight excluding hydrogens is 284 g/mol. The van der Waals surface area contributed by atoms with E-state index in [-0.39, 0.29) is 0 Å². The molecule has 0 aliphatic heterocycles. The Kier molecular flexibility index (Phi) is 5.85. The molecular formula is C13H17ClN2O2S. The zero-order valence-corrected chi connectivity index (χ0v) is 12.4. The summed E-state index contributed by atoms with van der Waals surface area (Å²) in [5.41, 5.74) is 0. The summed E-state index contributed by atoms with van der Waals surface area (Å²) in [5, 5.41) is 5.95. The fraction of sp³-hybridized carbons (Fsp3) is 0.462. The monoisotopic (exact) mass is 300 g/mol. The van der Waals surface area contributed by atoms with E-state index in [0.717, 1.165) is 49.1 Å². The molecule has 2 aromatic rings. The molecule has 2 heterocycles. The lowest BCUT2D eigenvalue weighted by atomic mass is 10.3. The highest BCUT2D eigenvalue weighted by Crippen LogP contribution is 2.33. The number of rotatable bonds is 8. The number of ether oxygens (including phenoxy) is 1. The van der Waals surface area contributed by atoms with E-state index in [1.807, 2.05) is 11.4 Å². The maximum atomic E-state index is 6.06. The molecule has 6 heteroatoms. The van der Waals surface area contributed by atoms with Crippen molar-refractivity contribution in [2.75, 3.05) is 26.8 Å². The third-order valence-electron chi connectivity index (χ3n) is 2.62. The van der Waals surface area contributed by atoms with Crippen LogP contribution in [0.4, 0.5) is 0 Å². The third-order valence-corrected chi connectivity index (χ3v) is 3.98. The summed E-state index contributed by atoms with van der Waals surface area (Å²) in [6.45, 7) is 2.54. The molecule has 0 aliphatic rings. The topological polar surface area (TPSA) is 47.3 Å². The van der Waals surface area contributed by atoms with E-state index in [1.54, 1.807) is 24.6 Å². The van der Waals surface area contributed by atoms with Gasteiger partial charge in [-0.3, -0.25) is 0 Å². The minimum Gasteiger partial charge on any atom is -0.440 e. The number of nitrogens with zero attached hydrogens (tertiary/aromatic N) is 1. The van der Waals surface area contributed by atoms with Crippen molar-refractivity contribution in [1.82, 2.24) is 10.3 Å². The lowest BCUT2D eigenvalue weighted by Crippen LogP contribution is -2.20. The van der Waals surface area contributed by atoms with Crippen LogP contribution in [0.2, 0.25) is 5.02 Å². The Labute approximate surface area is 121 Å². The highest BCUT2D eigenvalue weighted by molar-refractivity contribution is 7.14. The van der Waals surface area contributed by atoms with Crippen LogP contribution in [-0.4, -0.2) is 31.8 Å². The molecule has 19 heavy (non-hydrogen) atoms. The zero-order valence-electron chi connectivity index (χ0n) is 10.8. The molecule has 0 unspecified atom stereocenters. The minimum absolute atomic E-state index is 0.717. The lowest BCUT2D eigenvalue weighted by Gasteiger charge is -2.01. The molecule has 0 radical (unpaired) electrons. The Morgan fingerprint density at radius 2 is 2.37 bits per heavy atom. The number of aromatic nitrogens is 1. The van der Waals surface area contributed by atoms with E-state index >= 15 is 0 Å². The number of thiophene rings is 1. The van der Waals surface area contributed by atoms with Crippen molar-refractivity contribution in [3.05, 3.63) is 28.6 Å². The molecule has 0 aromatic carbocycles. The first-order chi connectivity index (χ1) is 9.31. The van der Waals surface area contributed by atoms with Gasteiger partial charge in [-0.2, -0.15) is 0 Å². The van der Waals surface area contributed by atoms with Crippen molar-refractivity contribution in [1.29, 1.82) is 0 Å². The molecule has 0 saturated carbocycles. The molecule has 2 rings (SSSR count). The van der Waals surface area contributed by atoms with Crippen LogP contribution in [0, 0.1) is 0 Å². The van der Waals surface area contributed by atoms with Gasteiger partial charge in [0.1, 0.15) is 0 Å². The molecule has 0 aliphatic carbocycles. The van der Waals surface area contributed by atoms with Crippen LogP contribution in [0.3, 0.4) is 0 Å². The van der Waals surface area contributed by atoms with Gasteiger partial charge in [0.2, 0.25) is 0 Å². The van der Waals surface area contributed by atoms with Gasteiger partial charge in [-0.05, 0) is 24.4 Å². The van der Waals surface area contributed by atoms with Gasteiger partial charge in [-0.1, -0.05) is 11.6 Å². The number of oxazole rings is 1. The van der Waals surface area contributed by atoms with Crippen LogP contribution < -0.4 is 5.32 Å². The molecule has 0 fully saturated rings. The molecule has 2 aromatic heterocycles. The summed E-state index contributed by atoms with van der Waals surface area (Å²) in [7, 11) is 1.70. The molecule has 0 bridgehead atoms. The van der Waals surface area contributed by atoms with Gasteiger partial charge in [0, 0.05) is 20.1 Å². The van der Waals surface area contributed by atoms with E-state index in [4.69, 9.17) is 20.8 Å². The number of methoxy groups -OCH3 is 1. The first kappa shape index (κ1) is 14.5. The Hall–Kier alpha value is -0.880. The van der Waals surface area contributed by atoms with E-state index in [1.165, 1.54) is 0 Å². The van der Waals surface area contributed by atoms with Gasteiger partial charge in [-0.25, -0.2) is 4.98 Å². The van der Waals surface area contributed by atoms with Gasteiger partial charge in [0.25, 0.3) is 0 Å². The van der Waals surface area contributed by atoms with Crippen LogP contribution in [0.25, 0.3) is 10.6 Å². The SMILES string of the molecule is COCCNCCCc1ncc(-c2sccc2Cl)o1. The number of hydrogen-bond acceptors (Lipinski definition) is 5. The molecule has 1 N–H and O–H groups in total. The second-order valence-corrected chi connectivity index (χ2v) is 5.39. The standard InChI is InChI=1S/C13H17ClN2O2S/c1-17-7-6-15-5-2-3-12-16-9-11(18-12)13-10(14)4-8-19-13/h4,8-9,15H,2-3,5-7H2,1H3. The fourth-order valence-electron chi connectivity index (χ4n) is 1.66. The second kappa shape index (κ2) is 7.65. The average Bonchev–Trinajstić information content (AvgIpc) is 3.02. The Balaban J connectivity index is 1.77. The van der Waals surface area contributed by atoms with Crippen molar-refractivity contribution in [3.8, 4) is 10.6 Å². The van der Waals surface area contributed by atoms with E-state index in [9.17, 15) is 0 Å².